The highest BCUT2D eigenvalue weighted by atomic mass is 16.3. The van der Waals surface area contributed by atoms with Gasteiger partial charge in [-0.3, -0.25) is 4.79 Å². The largest absolute Gasteiger partial charge is 0.512 e. The molecule has 2 nitrogen and oxygen atoms in total. The third-order valence-electron chi connectivity index (χ3n) is 6.63. The highest BCUT2D eigenvalue weighted by Crippen LogP contribution is 2.61. The molecular formula is C19H26O2. The van der Waals surface area contributed by atoms with Crippen LogP contribution < -0.4 is 0 Å². The van der Waals surface area contributed by atoms with E-state index in [1.54, 1.807) is 0 Å². The molecule has 0 saturated heterocycles. The van der Waals surface area contributed by atoms with Crippen molar-refractivity contribution in [1.82, 2.24) is 0 Å². The molecular weight excluding hydrogens is 260 g/mol. The van der Waals surface area contributed by atoms with Crippen molar-refractivity contribution in [3.8, 4) is 0 Å². The van der Waals surface area contributed by atoms with Crippen LogP contribution in [0.5, 0.6) is 0 Å². The van der Waals surface area contributed by atoms with Crippen molar-refractivity contribution in [2.24, 2.45) is 29.1 Å². The normalized spacial score (nSPS) is 53.7. The Morgan fingerprint density at radius 3 is 3.14 bits per heavy atom. The number of Topliss-reactive ketones (excluding diaryl/α,β-unsaturated/α-hetero) is 1. The van der Waals surface area contributed by atoms with Crippen LogP contribution in [-0.2, 0) is 4.79 Å². The van der Waals surface area contributed by atoms with Crippen molar-refractivity contribution in [2.75, 3.05) is 0 Å². The quantitative estimate of drug-likeness (QED) is 0.768. The number of hydrogen-bond acceptors (Lipinski definition) is 2. The number of aliphatic hydroxyl groups is 1. The van der Waals surface area contributed by atoms with Crippen molar-refractivity contribution >= 4 is 5.78 Å². The summed E-state index contributed by atoms with van der Waals surface area (Å²) in [5.74, 6) is 0.398. The van der Waals surface area contributed by atoms with Gasteiger partial charge in [0.25, 0.3) is 0 Å². The Balaban J connectivity index is 1.79. The molecule has 0 aliphatic heterocycles. The van der Waals surface area contributed by atoms with Crippen molar-refractivity contribution < 1.29 is 12.6 Å². The zero-order valence-corrected chi connectivity index (χ0v) is 12.8. The van der Waals surface area contributed by atoms with Crippen LogP contribution in [0.3, 0.4) is 0 Å². The lowest BCUT2D eigenvalue weighted by atomic mass is 9.52. The van der Waals surface area contributed by atoms with E-state index in [-0.39, 0.29) is 23.2 Å². The molecule has 0 aromatic carbocycles. The van der Waals surface area contributed by atoms with Crippen LogP contribution in [0.25, 0.3) is 0 Å². The first-order chi connectivity index (χ1) is 10.9. The van der Waals surface area contributed by atoms with Gasteiger partial charge in [-0.25, -0.2) is 0 Å². The molecule has 2 saturated carbocycles. The van der Waals surface area contributed by atoms with Gasteiger partial charge in [-0.2, -0.15) is 0 Å². The average molecular weight is 290 g/mol. The summed E-state index contributed by atoms with van der Waals surface area (Å²) in [7, 11) is 0. The minimum absolute atomic E-state index is 0.0465. The summed E-state index contributed by atoms with van der Waals surface area (Å²) in [6.45, 7) is 2.09. The maximum Gasteiger partial charge on any atom is 0.139 e. The van der Waals surface area contributed by atoms with Gasteiger partial charge in [-0.15, -0.1) is 0 Å². The summed E-state index contributed by atoms with van der Waals surface area (Å²) in [5.41, 5.74) is 0.727. The Morgan fingerprint density at radius 2 is 2.33 bits per heavy atom. The van der Waals surface area contributed by atoms with Crippen LogP contribution >= 0.6 is 0 Å². The second-order valence-electron chi connectivity index (χ2n) is 7.26. The van der Waals surface area contributed by atoms with Crippen LogP contribution in [0.1, 0.15) is 61.0 Å². The van der Waals surface area contributed by atoms with Crippen molar-refractivity contribution in [3.63, 3.8) is 0 Å². The van der Waals surface area contributed by atoms with Gasteiger partial charge in [0.15, 0.2) is 0 Å². The van der Waals surface area contributed by atoms with Gasteiger partial charge < -0.3 is 5.11 Å². The molecule has 2 fully saturated rings. The number of carbonyl (C=O) groups is 1. The Morgan fingerprint density at radius 1 is 1.48 bits per heavy atom. The van der Waals surface area contributed by atoms with Crippen LogP contribution in [-0.4, -0.2) is 10.9 Å². The highest BCUT2D eigenvalue weighted by Gasteiger charge is 2.56. The molecule has 21 heavy (non-hydrogen) atoms. The number of aliphatic hydroxyl groups excluding tert-OH is 1. The van der Waals surface area contributed by atoms with Gasteiger partial charge in [0.05, 0.1) is 5.76 Å². The summed E-state index contributed by atoms with van der Waals surface area (Å²) in [6.07, 6.45) is 8.59. The Hall–Kier alpha value is -1.05. The van der Waals surface area contributed by atoms with Gasteiger partial charge in [0.1, 0.15) is 5.78 Å². The zero-order valence-electron chi connectivity index (χ0n) is 14.8. The topological polar surface area (TPSA) is 37.3 Å². The molecule has 1 N–H and O–H groups in total. The number of carbonyl (C=O) groups excluding carboxylic acids is 1. The van der Waals surface area contributed by atoms with E-state index in [0.717, 1.165) is 31.3 Å². The van der Waals surface area contributed by atoms with Crippen LogP contribution in [0, 0.1) is 29.1 Å². The van der Waals surface area contributed by atoms with Gasteiger partial charge in [-0.05, 0) is 73.8 Å². The molecule has 0 heterocycles. The molecule has 6 atom stereocenters. The third-order valence-corrected chi connectivity index (χ3v) is 6.63. The van der Waals surface area contributed by atoms with E-state index in [1.165, 1.54) is 0 Å². The minimum atomic E-state index is -0.796. The van der Waals surface area contributed by atoms with Crippen molar-refractivity contribution in [2.45, 2.75) is 58.3 Å². The summed E-state index contributed by atoms with van der Waals surface area (Å²) in [5, 5.41) is 9.83. The zero-order chi connectivity index (χ0) is 16.4. The Labute approximate surface area is 130 Å². The second kappa shape index (κ2) is 4.72. The predicted molar refractivity (Wildman–Crippen MR) is 82.8 cm³/mol. The molecule has 4 aliphatic carbocycles. The van der Waals surface area contributed by atoms with E-state index >= 15 is 0 Å². The van der Waals surface area contributed by atoms with Gasteiger partial charge in [0, 0.05) is 21.0 Å². The van der Waals surface area contributed by atoms with Crippen molar-refractivity contribution in [1.29, 1.82) is 0 Å². The molecule has 0 spiro atoms. The van der Waals surface area contributed by atoms with Gasteiger partial charge >= 0.3 is 0 Å². The fourth-order valence-corrected chi connectivity index (χ4v) is 5.51. The number of hydrogen-bond donors (Lipinski definition) is 1. The van der Waals surface area contributed by atoms with E-state index in [0.29, 0.717) is 30.8 Å². The molecule has 0 aromatic heterocycles. The highest BCUT2D eigenvalue weighted by molar-refractivity contribution is 5.87. The lowest BCUT2D eigenvalue weighted by Gasteiger charge is -2.51. The molecule has 0 amide bonds. The maximum absolute atomic E-state index is 12.6. The fourth-order valence-electron chi connectivity index (χ4n) is 5.51. The van der Waals surface area contributed by atoms with Crippen LogP contribution in [0.15, 0.2) is 23.5 Å². The molecule has 0 aromatic rings. The van der Waals surface area contributed by atoms with Gasteiger partial charge in [0.2, 0.25) is 0 Å². The minimum Gasteiger partial charge on any atom is -0.512 e. The fraction of sp³-hybridized carbons (Fsp3) is 0.737. The molecule has 4 aliphatic rings. The first-order valence-electron chi connectivity index (χ1n) is 9.56. The summed E-state index contributed by atoms with van der Waals surface area (Å²) < 4.78 is 18.1. The monoisotopic (exact) mass is 290 g/mol. The molecule has 114 valence electrons. The number of allylic oxidation sites excluding steroid dienone is 4. The summed E-state index contributed by atoms with van der Waals surface area (Å²) >= 11 is 0. The van der Waals surface area contributed by atoms with E-state index in [1.807, 2.05) is 6.08 Å². The standard InChI is InChI=1S/C19H26O2/c1-2-19-10-9-15-14-6-4-13(20)11-12(14)3-5-16(15)17(19)7-8-18(19)21/h3,11,14-17,20H,2,4-10H2,1H3/t14-,15+,16+,17-,19-/m0/s1/i9T,15T/t9?,14-,15+,16+,17-,19-. The number of rotatable bonds is 1. The molecule has 0 radical (unpaired) electrons. The Bertz CT molecular complexity index is 610. The first kappa shape index (κ1) is 11.5. The molecule has 1 unspecified atom stereocenters. The van der Waals surface area contributed by atoms with E-state index < -0.39 is 12.3 Å². The summed E-state index contributed by atoms with van der Waals surface area (Å²) in [6, 6.07) is 0. The molecule has 0 bridgehead atoms. The smallest absolute Gasteiger partial charge is 0.139 e. The summed E-state index contributed by atoms with van der Waals surface area (Å²) in [4.78, 5) is 12.6. The lowest BCUT2D eigenvalue weighted by Crippen LogP contribution is -2.46. The SMILES string of the molecule is [3H]C1C[C@]2(CC)C(=O)CC[C@H]2[C@@H]2CC=C3C=C(O)CC[C@@H]3[C@@]12[3H]. The Kier molecular flexibility index (Phi) is 2.59. The van der Waals surface area contributed by atoms with Gasteiger partial charge in [-0.1, -0.05) is 13.0 Å². The number of ketones is 1. The predicted octanol–water partition coefficient (Wildman–Crippen LogP) is 4.57. The van der Waals surface area contributed by atoms with Crippen molar-refractivity contribution in [3.05, 3.63) is 23.5 Å². The van der Waals surface area contributed by atoms with E-state index in [4.69, 9.17) is 1.37 Å². The first-order valence-corrected chi connectivity index (χ1v) is 8.48. The molecule has 4 rings (SSSR count). The maximum atomic E-state index is 12.6. The average Bonchev–Trinajstić information content (AvgIpc) is 2.85. The van der Waals surface area contributed by atoms with E-state index in [2.05, 4.69) is 13.0 Å². The number of fused-ring (bicyclic) bond motifs is 5. The lowest BCUT2D eigenvalue weighted by molar-refractivity contribution is -0.132. The second-order valence-corrected chi connectivity index (χ2v) is 7.26. The van der Waals surface area contributed by atoms with Crippen LogP contribution in [0.4, 0.5) is 0 Å². The molecule has 2 heteroatoms. The van der Waals surface area contributed by atoms with E-state index in [9.17, 15) is 11.3 Å². The van der Waals surface area contributed by atoms with Crippen LogP contribution in [0.2, 0.25) is 0 Å². The third kappa shape index (κ3) is 1.80.